The molecule has 1 saturated carbocycles. The maximum absolute atomic E-state index is 12.8. The molecule has 0 aromatic rings. The van der Waals surface area contributed by atoms with Crippen molar-refractivity contribution in [3.8, 4) is 0 Å². The van der Waals surface area contributed by atoms with E-state index in [4.69, 9.17) is 9.47 Å². The molecule has 5 rings (SSSR count). The van der Waals surface area contributed by atoms with Crippen molar-refractivity contribution >= 4 is 5.78 Å². The van der Waals surface area contributed by atoms with Crippen molar-refractivity contribution in [2.45, 2.75) is 76.9 Å². The van der Waals surface area contributed by atoms with Crippen LogP contribution in [0.3, 0.4) is 0 Å². The van der Waals surface area contributed by atoms with Gasteiger partial charge in [-0.2, -0.15) is 0 Å². The Balaban J connectivity index is 1.49. The molecule has 5 aliphatic rings. The van der Waals surface area contributed by atoms with Crippen molar-refractivity contribution in [1.29, 1.82) is 0 Å². The van der Waals surface area contributed by atoms with E-state index < -0.39 is 0 Å². The second-order valence-electron chi connectivity index (χ2n) is 8.79. The fourth-order valence-electron chi connectivity index (χ4n) is 6.72. The van der Waals surface area contributed by atoms with Gasteiger partial charge in [0.15, 0.2) is 0 Å². The van der Waals surface area contributed by atoms with Crippen LogP contribution in [-0.4, -0.2) is 31.2 Å². The van der Waals surface area contributed by atoms with Crippen LogP contribution in [0.2, 0.25) is 0 Å². The summed E-state index contributed by atoms with van der Waals surface area (Å²) in [7, 11) is 0. The van der Waals surface area contributed by atoms with Gasteiger partial charge in [-0.3, -0.25) is 4.79 Å². The van der Waals surface area contributed by atoms with E-state index in [2.05, 4.69) is 13.0 Å². The number of hydrogen-bond acceptors (Lipinski definition) is 3. The highest BCUT2D eigenvalue weighted by Crippen LogP contribution is 2.59. The summed E-state index contributed by atoms with van der Waals surface area (Å²) in [4.78, 5) is 12.8. The SMILES string of the molecule is CCC[C@]12CC=C3C4=C(CC[C@H]3[C@@H]1CCC2=O)CC1OCCOC1C4. The number of Topliss-reactive ketones (excluding diaryl/α,β-unsaturated/α-hetero) is 1. The minimum absolute atomic E-state index is 0.0252. The lowest BCUT2D eigenvalue weighted by Crippen LogP contribution is -2.45. The molecule has 4 aliphatic carbocycles. The van der Waals surface area contributed by atoms with Crippen molar-refractivity contribution in [3.63, 3.8) is 0 Å². The molecule has 136 valence electrons. The third-order valence-electron chi connectivity index (χ3n) is 7.76. The highest BCUT2D eigenvalue weighted by atomic mass is 16.6. The van der Waals surface area contributed by atoms with Crippen LogP contribution in [0.15, 0.2) is 22.8 Å². The van der Waals surface area contributed by atoms with Gasteiger partial charge in [0, 0.05) is 18.3 Å². The number of fused-ring (bicyclic) bond motifs is 5. The van der Waals surface area contributed by atoms with Crippen molar-refractivity contribution in [1.82, 2.24) is 0 Å². The average molecular weight is 342 g/mol. The lowest BCUT2D eigenvalue weighted by atomic mass is 9.57. The molecule has 2 unspecified atom stereocenters. The van der Waals surface area contributed by atoms with Crippen molar-refractivity contribution in [2.24, 2.45) is 17.3 Å². The van der Waals surface area contributed by atoms with E-state index in [1.54, 1.807) is 16.7 Å². The molecular weight excluding hydrogens is 312 g/mol. The largest absolute Gasteiger partial charge is 0.373 e. The van der Waals surface area contributed by atoms with Crippen LogP contribution in [0, 0.1) is 17.3 Å². The Morgan fingerprint density at radius 1 is 1.12 bits per heavy atom. The number of rotatable bonds is 2. The fraction of sp³-hybridized carbons (Fsp3) is 0.773. The first-order valence-corrected chi connectivity index (χ1v) is 10.4. The highest BCUT2D eigenvalue weighted by molar-refractivity contribution is 5.88. The summed E-state index contributed by atoms with van der Waals surface area (Å²) in [6.07, 6.45) is 12.7. The van der Waals surface area contributed by atoms with Crippen LogP contribution in [0.4, 0.5) is 0 Å². The third-order valence-corrected chi connectivity index (χ3v) is 7.76. The molecule has 3 heteroatoms. The van der Waals surface area contributed by atoms with Crippen LogP contribution in [-0.2, 0) is 14.3 Å². The average Bonchev–Trinajstić information content (AvgIpc) is 2.97. The molecular formula is C22H30O3. The number of hydrogen-bond donors (Lipinski definition) is 0. The molecule has 1 aliphatic heterocycles. The van der Waals surface area contributed by atoms with Crippen LogP contribution < -0.4 is 0 Å². The van der Waals surface area contributed by atoms with E-state index in [1.165, 1.54) is 12.8 Å². The van der Waals surface area contributed by atoms with Crippen LogP contribution in [0.25, 0.3) is 0 Å². The van der Waals surface area contributed by atoms with E-state index in [9.17, 15) is 4.79 Å². The lowest BCUT2D eigenvalue weighted by Gasteiger charge is -2.48. The van der Waals surface area contributed by atoms with Crippen molar-refractivity contribution < 1.29 is 14.3 Å². The Bertz CT molecular complexity index is 646. The molecule has 0 bridgehead atoms. The Morgan fingerprint density at radius 2 is 1.92 bits per heavy atom. The van der Waals surface area contributed by atoms with Crippen LogP contribution in [0.5, 0.6) is 0 Å². The Hall–Kier alpha value is -0.930. The van der Waals surface area contributed by atoms with Gasteiger partial charge in [0.1, 0.15) is 5.78 Å². The first-order chi connectivity index (χ1) is 12.2. The summed E-state index contributed by atoms with van der Waals surface area (Å²) in [6, 6.07) is 0. The summed E-state index contributed by atoms with van der Waals surface area (Å²) >= 11 is 0. The van der Waals surface area contributed by atoms with Crippen molar-refractivity contribution in [2.75, 3.05) is 13.2 Å². The Morgan fingerprint density at radius 3 is 2.72 bits per heavy atom. The van der Waals surface area contributed by atoms with Gasteiger partial charge in [-0.1, -0.05) is 25.0 Å². The van der Waals surface area contributed by atoms with Gasteiger partial charge >= 0.3 is 0 Å². The molecule has 1 saturated heterocycles. The van der Waals surface area contributed by atoms with Crippen molar-refractivity contribution in [3.05, 3.63) is 22.8 Å². The molecule has 5 atom stereocenters. The van der Waals surface area contributed by atoms with Gasteiger partial charge in [-0.25, -0.2) is 0 Å². The standard InChI is InChI=1S/C22H30O3/c1-2-8-22-9-7-15-16(18(22)5-6-21(22)23)4-3-14-12-19-20(13-17(14)15)25-11-10-24-19/h7,16,18-20H,2-6,8-13H2,1H3/t16-,18+,19?,20?,22+/m1/s1. The first kappa shape index (κ1) is 16.3. The molecule has 3 nitrogen and oxygen atoms in total. The monoisotopic (exact) mass is 342 g/mol. The van der Waals surface area contributed by atoms with Gasteiger partial charge in [0.25, 0.3) is 0 Å². The molecule has 0 aromatic heterocycles. The maximum atomic E-state index is 12.8. The van der Waals surface area contributed by atoms with Crippen LogP contribution in [0.1, 0.15) is 64.7 Å². The van der Waals surface area contributed by atoms with Gasteiger partial charge in [0.2, 0.25) is 0 Å². The second-order valence-corrected chi connectivity index (χ2v) is 8.79. The van der Waals surface area contributed by atoms with Gasteiger partial charge in [-0.05, 0) is 61.5 Å². The lowest BCUT2D eigenvalue weighted by molar-refractivity contribution is -0.142. The number of allylic oxidation sites excluding steroid dienone is 2. The minimum atomic E-state index is -0.0252. The predicted octanol–water partition coefficient (Wildman–Crippen LogP) is 4.37. The third kappa shape index (κ3) is 2.35. The zero-order valence-corrected chi connectivity index (χ0v) is 15.4. The zero-order chi connectivity index (χ0) is 17.0. The smallest absolute Gasteiger partial charge is 0.139 e. The minimum Gasteiger partial charge on any atom is -0.373 e. The summed E-state index contributed by atoms with van der Waals surface area (Å²) in [5, 5.41) is 0. The highest BCUT2D eigenvalue weighted by Gasteiger charge is 2.55. The van der Waals surface area contributed by atoms with E-state index in [0.717, 1.165) is 58.2 Å². The van der Waals surface area contributed by atoms with Gasteiger partial charge < -0.3 is 9.47 Å². The fourth-order valence-corrected chi connectivity index (χ4v) is 6.72. The number of carbonyl (C=O) groups is 1. The predicted molar refractivity (Wildman–Crippen MR) is 96.2 cm³/mol. The van der Waals surface area contributed by atoms with E-state index in [-0.39, 0.29) is 17.6 Å². The topological polar surface area (TPSA) is 35.5 Å². The zero-order valence-electron chi connectivity index (χ0n) is 15.4. The molecule has 2 fully saturated rings. The number of carbonyl (C=O) groups excluding carboxylic acids is 1. The summed E-state index contributed by atoms with van der Waals surface area (Å²) in [5.74, 6) is 1.77. The number of ether oxygens (including phenoxy) is 2. The Labute approximate surface area is 150 Å². The first-order valence-electron chi connectivity index (χ1n) is 10.4. The molecule has 0 spiro atoms. The Kier molecular flexibility index (Phi) is 3.94. The van der Waals surface area contributed by atoms with E-state index in [0.29, 0.717) is 17.6 Å². The number of ketones is 1. The normalized spacial score (nSPS) is 43.1. The maximum Gasteiger partial charge on any atom is 0.139 e. The quantitative estimate of drug-likeness (QED) is 0.748. The van der Waals surface area contributed by atoms with E-state index in [1.807, 2.05) is 0 Å². The molecule has 0 aromatic carbocycles. The van der Waals surface area contributed by atoms with Gasteiger partial charge in [0.05, 0.1) is 25.4 Å². The van der Waals surface area contributed by atoms with Gasteiger partial charge in [-0.15, -0.1) is 0 Å². The van der Waals surface area contributed by atoms with E-state index >= 15 is 0 Å². The second kappa shape index (κ2) is 6.06. The molecule has 25 heavy (non-hydrogen) atoms. The summed E-state index contributed by atoms with van der Waals surface area (Å²) in [6.45, 7) is 3.72. The molecule has 0 radical (unpaired) electrons. The molecule has 0 N–H and O–H groups in total. The summed E-state index contributed by atoms with van der Waals surface area (Å²) < 4.78 is 12.0. The molecule has 0 amide bonds. The van der Waals surface area contributed by atoms with Crippen LogP contribution >= 0.6 is 0 Å². The summed E-state index contributed by atoms with van der Waals surface area (Å²) in [5.41, 5.74) is 4.79. The molecule has 1 heterocycles.